The highest BCUT2D eigenvalue weighted by Crippen LogP contribution is 2.25. The normalized spacial score (nSPS) is 28.3. The van der Waals surface area contributed by atoms with Crippen molar-refractivity contribution in [2.24, 2.45) is 29.6 Å². The molecule has 0 aromatic rings. The van der Waals surface area contributed by atoms with Crippen LogP contribution in [0.15, 0.2) is 23.3 Å². The van der Waals surface area contributed by atoms with Crippen molar-refractivity contribution in [1.29, 1.82) is 0 Å². The number of cyclic esters (lactones) is 2. The van der Waals surface area contributed by atoms with Crippen LogP contribution in [0.25, 0.3) is 0 Å². The molecule has 2 unspecified atom stereocenters. The Morgan fingerprint density at radius 1 is 0.828 bits per heavy atom. The average Bonchev–Trinajstić information content (AvgIpc) is 3.15. The van der Waals surface area contributed by atoms with Gasteiger partial charge in [-0.1, -0.05) is 81.4 Å². The van der Waals surface area contributed by atoms with Crippen LogP contribution >= 0.6 is 0 Å². The fourth-order valence-corrected chi connectivity index (χ4v) is 6.81. The summed E-state index contributed by atoms with van der Waals surface area (Å²) in [5, 5.41) is 5.60. The topological polar surface area (TPSA) is 172 Å². The van der Waals surface area contributed by atoms with Crippen molar-refractivity contribution in [3.63, 3.8) is 0 Å². The lowest BCUT2D eigenvalue weighted by atomic mass is 9.92. The van der Waals surface area contributed by atoms with Gasteiger partial charge in [0.05, 0.1) is 6.54 Å². The van der Waals surface area contributed by atoms with E-state index in [0.717, 1.165) is 5.57 Å². The molecule has 0 fully saturated rings. The quantitative estimate of drug-likeness (QED) is 0.251. The first kappa shape index (κ1) is 51.8. The molecule has 14 nitrogen and oxygen atoms in total. The molecule has 1 heterocycles. The van der Waals surface area contributed by atoms with Crippen molar-refractivity contribution < 1.29 is 43.0 Å². The molecule has 0 radical (unpaired) electrons. The zero-order valence-corrected chi connectivity index (χ0v) is 38.3. The summed E-state index contributed by atoms with van der Waals surface area (Å²) < 4.78 is 11.9. The number of nitrogens with zero attached hydrogens (tertiary/aromatic N) is 3. The van der Waals surface area contributed by atoms with Crippen LogP contribution in [0.1, 0.15) is 122 Å². The van der Waals surface area contributed by atoms with Gasteiger partial charge in [-0.2, -0.15) is 0 Å². The van der Waals surface area contributed by atoms with Crippen LogP contribution in [0.4, 0.5) is 0 Å². The number of ether oxygens (including phenoxy) is 2. The minimum Gasteiger partial charge on any atom is -0.456 e. The smallest absolute Gasteiger partial charge is 0.334 e. The number of rotatable bonds is 8. The molecule has 0 spiro atoms. The fourth-order valence-electron chi connectivity index (χ4n) is 6.81. The molecule has 58 heavy (non-hydrogen) atoms. The van der Waals surface area contributed by atoms with Crippen LogP contribution in [0.3, 0.4) is 0 Å². The second kappa shape index (κ2) is 24.0. The zero-order valence-electron chi connectivity index (χ0n) is 38.3. The van der Waals surface area contributed by atoms with Crippen molar-refractivity contribution >= 4 is 41.5 Å². The summed E-state index contributed by atoms with van der Waals surface area (Å²) in [5.41, 5.74) is 1.16. The van der Waals surface area contributed by atoms with Gasteiger partial charge in [0, 0.05) is 32.6 Å². The molecule has 1 aliphatic rings. The Balaban J connectivity index is 3.81. The van der Waals surface area contributed by atoms with Gasteiger partial charge in [0.25, 0.3) is 5.91 Å². The predicted molar refractivity (Wildman–Crippen MR) is 225 cm³/mol. The van der Waals surface area contributed by atoms with Crippen LogP contribution in [0.2, 0.25) is 0 Å². The summed E-state index contributed by atoms with van der Waals surface area (Å²) in [6.07, 6.45) is 4.40. The van der Waals surface area contributed by atoms with E-state index < -0.39 is 90.3 Å². The molecule has 0 saturated carbocycles. The standard InChI is InChI=1S/C44H75N5O9/c1-17-20-29(10)37-30(11)21-19-22-31(12)43(55)58-38(28(9)18-2)39(51)46-36(27(7)8)42(54)49(16)33(23-25(3)4)40(52)47(14)24-34(50)45-35(26(5)6)41(53)48(15)32(13)44(56)57-37/h20,22,25-28,30,32-33,35-38H,17-19,21,23-24H2,1-16H3,(H,45,50)(H,46,51)/b29-20+,31-22+/t28-,30-,32-,33+,35?,36-,37?,38+/m0/s1. The van der Waals surface area contributed by atoms with Gasteiger partial charge in [-0.15, -0.1) is 0 Å². The van der Waals surface area contributed by atoms with E-state index in [0.29, 0.717) is 31.3 Å². The lowest BCUT2D eigenvalue weighted by Gasteiger charge is -2.36. The number of esters is 2. The number of allylic oxidation sites excluding steroid dienone is 2. The monoisotopic (exact) mass is 818 g/mol. The molecule has 8 atom stereocenters. The highest BCUT2D eigenvalue weighted by Gasteiger charge is 2.39. The number of carbonyl (C=O) groups excluding carboxylic acids is 7. The molecule has 5 amide bonds. The van der Waals surface area contributed by atoms with E-state index in [9.17, 15) is 33.6 Å². The van der Waals surface area contributed by atoms with E-state index in [-0.39, 0.29) is 30.1 Å². The highest BCUT2D eigenvalue weighted by atomic mass is 16.6. The third-order valence-corrected chi connectivity index (χ3v) is 11.1. The summed E-state index contributed by atoms with van der Waals surface area (Å²) in [7, 11) is 4.44. The second-order valence-corrected chi connectivity index (χ2v) is 17.3. The van der Waals surface area contributed by atoms with E-state index in [2.05, 4.69) is 10.6 Å². The molecule has 1 aliphatic heterocycles. The second-order valence-electron chi connectivity index (χ2n) is 17.3. The number of carbonyl (C=O) groups is 7. The Hall–Kier alpha value is -4.23. The van der Waals surface area contributed by atoms with Gasteiger partial charge in [0.2, 0.25) is 23.6 Å². The maximum atomic E-state index is 14.2. The lowest BCUT2D eigenvalue weighted by molar-refractivity contribution is -0.159. The lowest BCUT2D eigenvalue weighted by Crippen LogP contribution is -2.59. The van der Waals surface area contributed by atoms with Crippen LogP contribution in [0.5, 0.6) is 0 Å². The first-order valence-electron chi connectivity index (χ1n) is 21.0. The van der Waals surface area contributed by atoms with E-state index in [4.69, 9.17) is 9.47 Å². The Kier molecular flexibility index (Phi) is 21.4. The van der Waals surface area contributed by atoms with Crippen LogP contribution in [-0.4, -0.2) is 120 Å². The number of nitrogens with one attached hydrogen (secondary N) is 2. The van der Waals surface area contributed by atoms with Crippen molar-refractivity contribution in [3.05, 3.63) is 23.3 Å². The van der Waals surface area contributed by atoms with Gasteiger partial charge in [0.15, 0.2) is 6.10 Å². The minimum absolute atomic E-state index is 0.0263. The molecule has 0 aromatic heterocycles. The summed E-state index contributed by atoms with van der Waals surface area (Å²) in [4.78, 5) is 100. The molecule has 0 aromatic carbocycles. The molecule has 330 valence electrons. The first-order valence-corrected chi connectivity index (χ1v) is 21.0. The fraction of sp³-hybridized carbons (Fsp3) is 0.750. The van der Waals surface area contributed by atoms with E-state index in [1.165, 1.54) is 35.8 Å². The van der Waals surface area contributed by atoms with Crippen molar-refractivity contribution in [2.45, 2.75) is 158 Å². The Morgan fingerprint density at radius 2 is 1.38 bits per heavy atom. The molecular weight excluding hydrogens is 743 g/mol. The van der Waals surface area contributed by atoms with Gasteiger partial charge in [-0.25, -0.2) is 9.59 Å². The molecule has 1 rings (SSSR count). The van der Waals surface area contributed by atoms with Gasteiger partial charge >= 0.3 is 11.9 Å². The van der Waals surface area contributed by atoms with Gasteiger partial charge in [-0.3, -0.25) is 24.0 Å². The van der Waals surface area contributed by atoms with Gasteiger partial charge in [-0.05, 0) is 82.1 Å². The zero-order chi connectivity index (χ0) is 44.8. The Labute approximate surface area is 348 Å². The molecule has 0 bridgehead atoms. The minimum atomic E-state index is -1.19. The van der Waals surface area contributed by atoms with E-state index in [1.54, 1.807) is 54.5 Å². The summed E-state index contributed by atoms with van der Waals surface area (Å²) in [6.45, 7) is 23.2. The van der Waals surface area contributed by atoms with E-state index in [1.807, 2.05) is 47.6 Å². The number of hydrogen-bond acceptors (Lipinski definition) is 9. The van der Waals surface area contributed by atoms with Crippen LogP contribution < -0.4 is 10.6 Å². The molecule has 14 heteroatoms. The predicted octanol–water partition coefficient (Wildman–Crippen LogP) is 5.05. The summed E-state index contributed by atoms with van der Waals surface area (Å²) in [5.74, 6) is -5.36. The van der Waals surface area contributed by atoms with Crippen LogP contribution in [-0.2, 0) is 43.0 Å². The number of hydrogen-bond donors (Lipinski definition) is 2. The van der Waals surface area contributed by atoms with Crippen molar-refractivity contribution in [2.75, 3.05) is 27.7 Å². The summed E-state index contributed by atoms with van der Waals surface area (Å²) in [6, 6.07) is -4.05. The number of likely N-dealkylation sites (N-methyl/N-ethyl adjacent to an activating group) is 3. The first-order chi connectivity index (χ1) is 26.9. The maximum Gasteiger partial charge on any atom is 0.334 e. The highest BCUT2D eigenvalue weighted by molar-refractivity contribution is 5.96. The third kappa shape index (κ3) is 14.9. The average molecular weight is 818 g/mol. The molecule has 0 saturated heterocycles. The largest absolute Gasteiger partial charge is 0.456 e. The molecule has 0 aliphatic carbocycles. The third-order valence-electron chi connectivity index (χ3n) is 11.1. The molecule has 2 N–H and O–H groups in total. The SMILES string of the molecule is CC/C=C(\C)C1OC(=O)[C@H](C)N(C)C(=O)C(C(C)C)NC(=O)CN(C)C(=O)[C@@H](CC(C)C)N(C)C(=O)[C@H](C(C)C)NC(=O)[C@@H]([C@@H](C)CC)OC(=O)/C(C)=C/CC[C@@H]1C. The number of amides is 5. The van der Waals surface area contributed by atoms with Gasteiger partial charge < -0.3 is 34.8 Å². The van der Waals surface area contributed by atoms with Crippen molar-refractivity contribution in [3.8, 4) is 0 Å². The maximum absolute atomic E-state index is 14.2. The van der Waals surface area contributed by atoms with E-state index >= 15 is 0 Å². The van der Waals surface area contributed by atoms with Crippen LogP contribution in [0, 0.1) is 29.6 Å². The Morgan fingerprint density at radius 3 is 1.90 bits per heavy atom. The Bertz CT molecular complexity index is 1510. The van der Waals surface area contributed by atoms with Crippen molar-refractivity contribution in [1.82, 2.24) is 25.3 Å². The van der Waals surface area contributed by atoms with Gasteiger partial charge in [0.1, 0.15) is 30.3 Å². The summed E-state index contributed by atoms with van der Waals surface area (Å²) >= 11 is 0. The molecular formula is C44H75N5O9.